The first-order valence-electron chi connectivity index (χ1n) is 6.77. The first-order valence-corrected chi connectivity index (χ1v) is 6.77. The molecule has 0 aliphatic rings. The van der Waals surface area contributed by atoms with E-state index in [1.165, 1.54) is 6.92 Å². The van der Waals surface area contributed by atoms with Crippen LogP contribution in [-0.2, 0) is 22.6 Å². The van der Waals surface area contributed by atoms with Crippen LogP contribution in [-0.4, -0.2) is 32.8 Å². The van der Waals surface area contributed by atoms with E-state index in [2.05, 4.69) is 24.3 Å². The number of carboxylic acids is 1. The van der Waals surface area contributed by atoms with Gasteiger partial charge in [0.2, 0.25) is 5.91 Å². The molecule has 0 fully saturated rings. The van der Waals surface area contributed by atoms with E-state index in [9.17, 15) is 9.59 Å². The highest BCUT2D eigenvalue weighted by Crippen LogP contribution is 2.15. The lowest BCUT2D eigenvalue weighted by molar-refractivity contribution is -0.141. The zero-order chi connectivity index (χ0) is 15.4. The van der Waals surface area contributed by atoms with Gasteiger partial charge in [-0.25, -0.2) is 0 Å². The summed E-state index contributed by atoms with van der Waals surface area (Å²) in [6.45, 7) is 10.3. The second kappa shape index (κ2) is 6.54. The van der Waals surface area contributed by atoms with Crippen LogP contribution < -0.4 is 5.32 Å². The van der Waals surface area contributed by atoms with E-state index < -0.39 is 12.0 Å². The van der Waals surface area contributed by atoms with Crippen LogP contribution in [0.4, 0.5) is 0 Å². The molecule has 0 aliphatic carbocycles. The maximum atomic E-state index is 11.9. The van der Waals surface area contributed by atoms with Gasteiger partial charge >= 0.3 is 5.97 Å². The summed E-state index contributed by atoms with van der Waals surface area (Å²) in [5.74, 6) is -0.862. The van der Waals surface area contributed by atoms with E-state index in [-0.39, 0.29) is 12.3 Å². The molecule has 0 aliphatic heterocycles. The molecule has 1 amide bonds. The Bertz CT molecular complexity index is 506. The summed E-state index contributed by atoms with van der Waals surface area (Å²) >= 11 is 0. The third kappa shape index (κ3) is 4.08. The van der Waals surface area contributed by atoms with E-state index in [0.717, 1.165) is 23.5 Å². The van der Waals surface area contributed by atoms with Crippen LogP contribution in [0.3, 0.4) is 0 Å². The molecule has 1 aromatic rings. The van der Waals surface area contributed by atoms with Crippen molar-refractivity contribution in [2.45, 2.75) is 53.6 Å². The molecule has 1 aromatic heterocycles. The highest BCUT2D eigenvalue weighted by molar-refractivity contribution is 5.84. The third-order valence-electron chi connectivity index (χ3n) is 3.15. The Morgan fingerprint density at radius 1 is 1.30 bits per heavy atom. The van der Waals surface area contributed by atoms with E-state index >= 15 is 0 Å². The van der Waals surface area contributed by atoms with Gasteiger partial charge in [-0.05, 0) is 26.7 Å². The van der Waals surface area contributed by atoms with Crippen molar-refractivity contribution in [3.8, 4) is 0 Å². The number of hydrogen-bond acceptors (Lipinski definition) is 3. The first-order chi connectivity index (χ1) is 9.22. The van der Waals surface area contributed by atoms with Crippen LogP contribution in [0, 0.1) is 19.8 Å². The quantitative estimate of drug-likeness (QED) is 0.823. The van der Waals surface area contributed by atoms with Crippen molar-refractivity contribution < 1.29 is 14.7 Å². The van der Waals surface area contributed by atoms with Crippen molar-refractivity contribution in [2.24, 2.45) is 5.92 Å². The molecule has 2 N–H and O–H groups in total. The Labute approximate surface area is 119 Å². The SMILES string of the molecule is Cc1nn(CC(C)C)c(C)c1CC(=O)N[C@@H](C)C(=O)O. The maximum absolute atomic E-state index is 11.9. The predicted octanol–water partition coefficient (Wildman–Crippen LogP) is 1.29. The number of carbonyl (C=O) groups excluding carboxylic acids is 1. The maximum Gasteiger partial charge on any atom is 0.325 e. The predicted molar refractivity (Wildman–Crippen MR) is 75.5 cm³/mol. The van der Waals surface area contributed by atoms with Crippen molar-refractivity contribution in [3.05, 3.63) is 17.0 Å². The number of nitrogens with one attached hydrogen (secondary N) is 1. The number of amides is 1. The summed E-state index contributed by atoms with van der Waals surface area (Å²) in [5, 5.41) is 15.7. The zero-order valence-corrected chi connectivity index (χ0v) is 12.7. The molecule has 0 saturated heterocycles. The number of carbonyl (C=O) groups is 2. The van der Waals surface area contributed by atoms with Gasteiger partial charge in [-0.3, -0.25) is 14.3 Å². The highest BCUT2D eigenvalue weighted by Gasteiger charge is 2.18. The molecule has 0 spiro atoms. The van der Waals surface area contributed by atoms with Crippen LogP contribution in [0.1, 0.15) is 37.7 Å². The number of hydrogen-bond donors (Lipinski definition) is 2. The molecule has 0 saturated carbocycles. The molecule has 0 bridgehead atoms. The lowest BCUT2D eigenvalue weighted by Crippen LogP contribution is -2.39. The zero-order valence-electron chi connectivity index (χ0n) is 12.7. The number of nitrogens with zero attached hydrogens (tertiary/aromatic N) is 2. The van der Waals surface area contributed by atoms with Gasteiger partial charge in [-0.15, -0.1) is 0 Å². The number of aryl methyl sites for hydroxylation is 1. The summed E-state index contributed by atoms with van der Waals surface area (Å²) in [4.78, 5) is 22.6. The summed E-state index contributed by atoms with van der Waals surface area (Å²) < 4.78 is 1.91. The van der Waals surface area contributed by atoms with Gasteiger partial charge in [0.05, 0.1) is 12.1 Å². The summed E-state index contributed by atoms with van der Waals surface area (Å²) in [6, 6.07) is -0.881. The molecule has 0 unspecified atom stereocenters. The van der Waals surface area contributed by atoms with E-state index in [1.807, 2.05) is 18.5 Å². The minimum Gasteiger partial charge on any atom is -0.480 e. The van der Waals surface area contributed by atoms with Gasteiger partial charge in [0.25, 0.3) is 0 Å². The Morgan fingerprint density at radius 2 is 1.90 bits per heavy atom. The number of aliphatic carboxylic acids is 1. The largest absolute Gasteiger partial charge is 0.480 e. The van der Waals surface area contributed by atoms with E-state index in [4.69, 9.17) is 5.11 Å². The second-order valence-corrected chi connectivity index (χ2v) is 5.53. The first kappa shape index (κ1) is 16.2. The fourth-order valence-corrected chi connectivity index (χ4v) is 2.03. The molecule has 20 heavy (non-hydrogen) atoms. The molecule has 6 heteroatoms. The molecule has 1 rings (SSSR count). The minimum atomic E-state index is -1.04. The Balaban J connectivity index is 2.80. The summed E-state index contributed by atoms with van der Waals surface area (Å²) in [7, 11) is 0. The molecule has 0 aromatic carbocycles. The molecular formula is C14H23N3O3. The Morgan fingerprint density at radius 3 is 2.40 bits per heavy atom. The van der Waals surface area contributed by atoms with Gasteiger partial charge in [0.1, 0.15) is 6.04 Å². The van der Waals surface area contributed by atoms with Crippen molar-refractivity contribution in [2.75, 3.05) is 0 Å². The highest BCUT2D eigenvalue weighted by atomic mass is 16.4. The standard InChI is InChI=1S/C14H23N3O3/c1-8(2)7-17-11(5)12(9(3)16-17)6-13(18)15-10(4)14(19)20/h8,10H,6-7H2,1-5H3,(H,15,18)(H,19,20)/t10-/m0/s1. The second-order valence-electron chi connectivity index (χ2n) is 5.53. The summed E-state index contributed by atoms with van der Waals surface area (Å²) in [6.07, 6.45) is 0.160. The topological polar surface area (TPSA) is 84.2 Å². The molecule has 1 atom stereocenters. The molecule has 112 valence electrons. The van der Waals surface area contributed by atoms with Crippen molar-refractivity contribution in [1.82, 2.24) is 15.1 Å². The van der Waals surface area contributed by atoms with Gasteiger partial charge in [0, 0.05) is 17.8 Å². The summed E-state index contributed by atoms with van der Waals surface area (Å²) in [5.41, 5.74) is 2.66. The van der Waals surface area contributed by atoms with Crippen molar-refractivity contribution in [1.29, 1.82) is 0 Å². The van der Waals surface area contributed by atoms with Crippen LogP contribution in [0.25, 0.3) is 0 Å². The van der Waals surface area contributed by atoms with Gasteiger partial charge in [-0.1, -0.05) is 13.8 Å². The van der Waals surface area contributed by atoms with Gasteiger partial charge in [-0.2, -0.15) is 5.10 Å². The molecule has 1 heterocycles. The molecule has 0 radical (unpaired) electrons. The van der Waals surface area contributed by atoms with Crippen LogP contribution in [0.2, 0.25) is 0 Å². The lowest BCUT2D eigenvalue weighted by Gasteiger charge is -2.10. The van der Waals surface area contributed by atoms with Gasteiger partial charge in [0.15, 0.2) is 0 Å². The molecule has 6 nitrogen and oxygen atoms in total. The average Bonchev–Trinajstić information content (AvgIpc) is 2.56. The lowest BCUT2D eigenvalue weighted by atomic mass is 10.1. The van der Waals surface area contributed by atoms with Crippen LogP contribution in [0.5, 0.6) is 0 Å². The number of carboxylic acid groups (broad SMARTS) is 1. The minimum absolute atomic E-state index is 0.160. The smallest absolute Gasteiger partial charge is 0.325 e. The third-order valence-corrected chi connectivity index (χ3v) is 3.15. The average molecular weight is 281 g/mol. The Kier molecular flexibility index (Phi) is 5.30. The monoisotopic (exact) mass is 281 g/mol. The van der Waals surface area contributed by atoms with E-state index in [1.54, 1.807) is 0 Å². The normalized spacial score (nSPS) is 12.5. The molecular weight excluding hydrogens is 258 g/mol. The van der Waals surface area contributed by atoms with Crippen LogP contribution >= 0.6 is 0 Å². The van der Waals surface area contributed by atoms with Gasteiger partial charge < -0.3 is 10.4 Å². The fraction of sp³-hybridized carbons (Fsp3) is 0.643. The van der Waals surface area contributed by atoms with Crippen molar-refractivity contribution in [3.63, 3.8) is 0 Å². The Hall–Kier alpha value is -1.85. The number of rotatable bonds is 6. The number of aromatic nitrogens is 2. The van der Waals surface area contributed by atoms with Crippen LogP contribution in [0.15, 0.2) is 0 Å². The van der Waals surface area contributed by atoms with Crippen molar-refractivity contribution >= 4 is 11.9 Å². The fourth-order valence-electron chi connectivity index (χ4n) is 2.03. The van der Waals surface area contributed by atoms with E-state index in [0.29, 0.717) is 5.92 Å².